The molecule has 0 saturated carbocycles. The first-order valence-corrected chi connectivity index (χ1v) is 10.5. The zero-order valence-electron chi connectivity index (χ0n) is 18.4. The molecule has 0 unspecified atom stereocenters. The Labute approximate surface area is 196 Å². The van der Waals surface area contributed by atoms with Gasteiger partial charge in [-0.3, -0.25) is 14.9 Å². The molecule has 34 heavy (non-hydrogen) atoms. The first-order chi connectivity index (χ1) is 16.5. The fourth-order valence-corrected chi connectivity index (χ4v) is 3.29. The summed E-state index contributed by atoms with van der Waals surface area (Å²) in [4.78, 5) is 38.3. The van der Waals surface area contributed by atoms with Gasteiger partial charge in [-0.1, -0.05) is 30.3 Å². The Kier molecular flexibility index (Phi) is 6.88. The van der Waals surface area contributed by atoms with E-state index in [9.17, 15) is 14.4 Å². The van der Waals surface area contributed by atoms with Crippen LogP contribution in [-0.4, -0.2) is 38.2 Å². The van der Waals surface area contributed by atoms with E-state index in [1.165, 1.54) is 6.08 Å². The molecule has 0 atom stereocenters. The van der Waals surface area contributed by atoms with Gasteiger partial charge in [0, 0.05) is 0 Å². The van der Waals surface area contributed by atoms with Crippen LogP contribution in [0, 0.1) is 0 Å². The SMILES string of the molecule is COc1ccc(OCCOc2ccc(C=C3C(=O)NC(=O)N(c4ccccc4)C3=O)cc2)cc1. The summed E-state index contributed by atoms with van der Waals surface area (Å²) in [6.07, 6.45) is 1.44. The van der Waals surface area contributed by atoms with Crippen LogP contribution in [0.2, 0.25) is 0 Å². The molecular formula is C26H22N2O6. The van der Waals surface area contributed by atoms with Crippen LogP contribution in [0.1, 0.15) is 5.56 Å². The minimum absolute atomic E-state index is 0.134. The molecular weight excluding hydrogens is 436 g/mol. The summed E-state index contributed by atoms with van der Waals surface area (Å²) >= 11 is 0. The minimum atomic E-state index is -0.779. The summed E-state index contributed by atoms with van der Waals surface area (Å²) in [5, 5.41) is 2.21. The Balaban J connectivity index is 1.37. The number of benzene rings is 3. The number of carbonyl (C=O) groups is 3. The van der Waals surface area contributed by atoms with Crippen LogP contribution < -0.4 is 24.4 Å². The van der Waals surface area contributed by atoms with Gasteiger partial charge in [-0.05, 0) is 60.2 Å². The summed E-state index contributed by atoms with van der Waals surface area (Å²) in [6.45, 7) is 0.692. The van der Waals surface area contributed by atoms with Gasteiger partial charge in [0.2, 0.25) is 0 Å². The van der Waals surface area contributed by atoms with Crippen molar-refractivity contribution in [2.45, 2.75) is 0 Å². The number of nitrogens with zero attached hydrogens (tertiary/aromatic N) is 1. The fourth-order valence-electron chi connectivity index (χ4n) is 3.29. The highest BCUT2D eigenvalue weighted by Crippen LogP contribution is 2.22. The van der Waals surface area contributed by atoms with Crippen LogP contribution in [0.15, 0.2) is 84.4 Å². The number of rotatable bonds is 8. The average molecular weight is 458 g/mol. The second-order valence-electron chi connectivity index (χ2n) is 7.23. The number of amides is 4. The number of methoxy groups -OCH3 is 1. The Hall–Kier alpha value is -4.59. The van der Waals surface area contributed by atoms with E-state index in [1.54, 1.807) is 61.7 Å². The summed E-state index contributed by atoms with van der Waals surface area (Å²) in [5.41, 5.74) is 0.858. The van der Waals surface area contributed by atoms with Gasteiger partial charge >= 0.3 is 6.03 Å². The van der Waals surface area contributed by atoms with Gasteiger partial charge in [-0.15, -0.1) is 0 Å². The summed E-state index contributed by atoms with van der Waals surface area (Å²) < 4.78 is 16.4. The number of ether oxygens (including phenoxy) is 3. The normalized spacial score (nSPS) is 14.7. The molecule has 0 aliphatic carbocycles. The van der Waals surface area contributed by atoms with E-state index in [1.807, 2.05) is 24.3 Å². The summed E-state index contributed by atoms with van der Waals surface area (Å²) in [6, 6.07) is 21.8. The molecule has 1 aliphatic rings. The maximum atomic E-state index is 12.9. The summed E-state index contributed by atoms with van der Waals surface area (Å²) in [5.74, 6) is 0.658. The van der Waals surface area contributed by atoms with Gasteiger partial charge in [0.15, 0.2) is 0 Å². The van der Waals surface area contributed by atoms with Gasteiger partial charge in [0.25, 0.3) is 11.8 Å². The van der Waals surface area contributed by atoms with Gasteiger partial charge in [-0.2, -0.15) is 0 Å². The van der Waals surface area contributed by atoms with Crippen molar-refractivity contribution in [2.75, 3.05) is 25.2 Å². The molecule has 1 N–H and O–H groups in total. The molecule has 0 spiro atoms. The van der Waals surface area contributed by atoms with E-state index in [-0.39, 0.29) is 5.57 Å². The molecule has 172 valence electrons. The first kappa shape index (κ1) is 22.6. The van der Waals surface area contributed by atoms with Crippen molar-refractivity contribution in [3.8, 4) is 17.2 Å². The molecule has 0 bridgehead atoms. The van der Waals surface area contributed by atoms with Crippen LogP contribution in [0.3, 0.4) is 0 Å². The van der Waals surface area contributed by atoms with Gasteiger partial charge in [-0.25, -0.2) is 9.69 Å². The third-order valence-electron chi connectivity index (χ3n) is 4.99. The van der Waals surface area contributed by atoms with Crippen LogP contribution in [0.4, 0.5) is 10.5 Å². The fraction of sp³-hybridized carbons (Fsp3) is 0.115. The number of nitrogens with one attached hydrogen (secondary N) is 1. The number of anilines is 1. The predicted octanol–water partition coefficient (Wildman–Crippen LogP) is 3.82. The highest BCUT2D eigenvalue weighted by molar-refractivity contribution is 6.39. The zero-order chi connectivity index (χ0) is 23.9. The third-order valence-corrected chi connectivity index (χ3v) is 4.99. The molecule has 4 amide bonds. The molecule has 1 fully saturated rings. The Bertz CT molecular complexity index is 1200. The number of urea groups is 1. The van der Waals surface area contributed by atoms with Gasteiger partial charge in [0.1, 0.15) is 36.0 Å². The van der Waals surface area contributed by atoms with Crippen LogP contribution >= 0.6 is 0 Å². The van der Waals surface area contributed by atoms with Crippen molar-refractivity contribution in [3.05, 3.63) is 90.0 Å². The minimum Gasteiger partial charge on any atom is -0.497 e. The molecule has 4 rings (SSSR count). The summed E-state index contributed by atoms with van der Waals surface area (Å²) in [7, 11) is 1.60. The zero-order valence-corrected chi connectivity index (χ0v) is 18.4. The van der Waals surface area contributed by atoms with Gasteiger partial charge in [0.05, 0.1) is 12.8 Å². The maximum absolute atomic E-state index is 12.9. The van der Waals surface area contributed by atoms with E-state index in [0.717, 1.165) is 10.6 Å². The number of barbiturate groups is 1. The van der Waals surface area contributed by atoms with E-state index in [4.69, 9.17) is 14.2 Å². The molecule has 8 heteroatoms. The molecule has 0 aromatic heterocycles. The molecule has 3 aromatic rings. The van der Waals surface area contributed by atoms with E-state index in [0.29, 0.717) is 36.0 Å². The second kappa shape index (κ2) is 10.4. The van der Waals surface area contributed by atoms with Crippen LogP contribution in [-0.2, 0) is 9.59 Å². The van der Waals surface area contributed by atoms with E-state index >= 15 is 0 Å². The van der Waals surface area contributed by atoms with Crippen molar-refractivity contribution in [3.63, 3.8) is 0 Å². The highest BCUT2D eigenvalue weighted by Gasteiger charge is 2.36. The first-order valence-electron chi connectivity index (χ1n) is 10.5. The van der Waals surface area contributed by atoms with E-state index in [2.05, 4.69) is 5.32 Å². The van der Waals surface area contributed by atoms with Crippen molar-refractivity contribution < 1.29 is 28.6 Å². The lowest BCUT2D eigenvalue weighted by molar-refractivity contribution is -0.122. The third kappa shape index (κ3) is 5.24. The van der Waals surface area contributed by atoms with Crippen molar-refractivity contribution in [2.24, 2.45) is 0 Å². The van der Waals surface area contributed by atoms with Crippen molar-refractivity contribution in [1.82, 2.24) is 5.32 Å². The largest absolute Gasteiger partial charge is 0.497 e. The average Bonchev–Trinajstić information content (AvgIpc) is 2.86. The van der Waals surface area contributed by atoms with Crippen LogP contribution in [0.25, 0.3) is 6.08 Å². The Morgan fingerprint density at radius 1 is 0.765 bits per heavy atom. The molecule has 8 nitrogen and oxygen atoms in total. The Morgan fingerprint density at radius 2 is 1.32 bits per heavy atom. The smallest absolute Gasteiger partial charge is 0.335 e. The number of hydrogen-bond donors (Lipinski definition) is 1. The number of hydrogen-bond acceptors (Lipinski definition) is 6. The van der Waals surface area contributed by atoms with Crippen molar-refractivity contribution >= 4 is 29.6 Å². The van der Waals surface area contributed by atoms with Crippen molar-refractivity contribution in [1.29, 1.82) is 0 Å². The quantitative estimate of drug-likeness (QED) is 0.313. The topological polar surface area (TPSA) is 94.2 Å². The van der Waals surface area contributed by atoms with Crippen LogP contribution in [0.5, 0.6) is 17.2 Å². The monoisotopic (exact) mass is 458 g/mol. The lowest BCUT2D eigenvalue weighted by Gasteiger charge is -2.26. The molecule has 0 radical (unpaired) electrons. The molecule has 1 heterocycles. The second-order valence-corrected chi connectivity index (χ2v) is 7.23. The lowest BCUT2D eigenvalue weighted by Crippen LogP contribution is -2.54. The molecule has 1 aliphatic heterocycles. The number of para-hydroxylation sites is 1. The maximum Gasteiger partial charge on any atom is 0.335 e. The molecule has 3 aromatic carbocycles. The van der Waals surface area contributed by atoms with Gasteiger partial charge < -0.3 is 14.2 Å². The Morgan fingerprint density at radius 3 is 1.91 bits per heavy atom. The van der Waals surface area contributed by atoms with E-state index < -0.39 is 17.8 Å². The highest BCUT2D eigenvalue weighted by atomic mass is 16.5. The standard InChI is InChI=1S/C26H22N2O6/c1-32-20-11-13-22(14-12-20)34-16-15-33-21-9-7-18(8-10-21)17-23-24(29)27-26(31)28(25(23)30)19-5-3-2-4-6-19/h2-14,17H,15-16H2,1H3,(H,27,29,31). The number of imide groups is 2. The predicted molar refractivity (Wildman–Crippen MR) is 126 cm³/mol. The lowest BCUT2D eigenvalue weighted by atomic mass is 10.1. The number of carbonyl (C=O) groups excluding carboxylic acids is 3. The molecule has 1 saturated heterocycles.